The maximum Gasteiger partial charge on any atom is 0.148 e. The number of rotatable bonds is 9. The van der Waals surface area contributed by atoms with Gasteiger partial charge in [0.1, 0.15) is 5.76 Å². The fourth-order valence-corrected chi connectivity index (χ4v) is 4.55. The molecule has 2 heterocycles. The third kappa shape index (κ3) is 5.14. The van der Waals surface area contributed by atoms with Crippen LogP contribution in [0.25, 0.3) is 5.57 Å². The van der Waals surface area contributed by atoms with Gasteiger partial charge in [0.15, 0.2) is 0 Å². The Morgan fingerprint density at radius 3 is 2.45 bits per heavy atom. The van der Waals surface area contributed by atoms with Gasteiger partial charge in [-0.1, -0.05) is 71.6 Å². The maximum atomic E-state index is 6.39. The molecule has 1 atom stereocenters. The van der Waals surface area contributed by atoms with E-state index < -0.39 is 0 Å². The van der Waals surface area contributed by atoms with Gasteiger partial charge in [-0.3, -0.25) is 0 Å². The summed E-state index contributed by atoms with van der Waals surface area (Å²) in [5.74, 6) is 0.842. The van der Waals surface area contributed by atoms with Gasteiger partial charge < -0.3 is 14.2 Å². The van der Waals surface area contributed by atoms with E-state index in [2.05, 4.69) is 93.8 Å². The van der Waals surface area contributed by atoms with Crippen LogP contribution >= 0.6 is 15.9 Å². The van der Waals surface area contributed by atoms with E-state index in [0.717, 1.165) is 52.1 Å². The Balaban J connectivity index is 1.74. The van der Waals surface area contributed by atoms with Crippen molar-refractivity contribution in [3.63, 3.8) is 0 Å². The topological polar surface area (TPSA) is 30.3 Å². The number of benzene rings is 2. The number of halogens is 1. The van der Waals surface area contributed by atoms with E-state index in [1.54, 1.807) is 0 Å². The molecule has 1 aromatic heterocycles. The van der Waals surface area contributed by atoms with Gasteiger partial charge in [0.2, 0.25) is 0 Å². The second-order valence-corrected chi connectivity index (χ2v) is 9.42. The summed E-state index contributed by atoms with van der Waals surface area (Å²) in [6.07, 6.45) is 6.67. The quantitative estimate of drug-likeness (QED) is 0.314. The number of hydrogen-bond donors (Lipinski definition) is 0. The van der Waals surface area contributed by atoms with Crippen LogP contribution in [0.2, 0.25) is 0 Å². The van der Waals surface area contributed by atoms with E-state index in [-0.39, 0.29) is 12.1 Å². The first kappa shape index (κ1) is 23.1. The van der Waals surface area contributed by atoms with Crippen molar-refractivity contribution < 1.29 is 4.74 Å². The van der Waals surface area contributed by atoms with Crippen LogP contribution in [-0.4, -0.2) is 27.1 Å². The van der Waals surface area contributed by atoms with Gasteiger partial charge in [0.05, 0.1) is 24.2 Å². The van der Waals surface area contributed by atoms with E-state index in [4.69, 9.17) is 4.74 Å². The van der Waals surface area contributed by atoms with Crippen molar-refractivity contribution in [2.75, 3.05) is 6.54 Å². The van der Waals surface area contributed by atoms with E-state index in [0.29, 0.717) is 0 Å². The first-order chi connectivity index (χ1) is 16.0. The highest BCUT2D eigenvalue weighted by Crippen LogP contribution is 2.48. The van der Waals surface area contributed by atoms with Crippen LogP contribution in [0.4, 0.5) is 0 Å². The molecular formula is C28H30BrN3O. The van der Waals surface area contributed by atoms with Gasteiger partial charge >= 0.3 is 0 Å². The molecule has 1 unspecified atom stereocenters. The maximum absolute atomic E-state index is 6.39. The molecular weight excluding hydrogens is 474 g/mol. The molecule has 0 saturated heterocycles. The number of hydrogen-bond acceptors (Lipinski definition) is 3. The Hall–Kier alpha value is -3.05. The third-order valence-electron chi connectivity index (χ3n) is 5.80. The number of aryl methyl sites for hydroxylation is 1. The molecule has 4 rings (SSSR count). The fourth-order valence-electron chi connectivity index (χ4n) is 4.28. The van der Waals surface area contributed by atoms with Crippen LogP contribution in [0, 0.1) is 0 Å². The Labute approximate surface area is 205 Å². The molecule has 0 spiro atoms. The number of nitrogens with zero attached hydrogens (tertiary/aromatic N) is 3. The van der Waals surface area contributed by atoms with Crippen molar-refractivity contribution in [2.24, 2.45) is 0 Å². The van der Waals surface area contributed by atoms with Crippen molar-refractivity contribution in [3.8, 4) is 0 Å². The standard InChI is InChI=1S/C28H30BrN3O/c1-20(2)33-28-22(4)32(17-8-16-31-18-15-30-19-31)27(24-11-13-25(29)14-12-24)26(28)21(3)23-9-6-5-7-10-23/h5-7,9-15,18-20,27H,3-4,8,16-17H2,1-2H3. The highest BCUT2D eigenvalue weighted by atomic mass is 79.9. The van der Waals surface area contributed by atoms with Crippen LogP contribution in [0.5, 0.6) is 0 Å². The molecule has 0 aliphatic carbocycles. The normalized spacial score (nSPS) is 16.1. The van der Waals surface area contributed by atoms with Crippen LogP contribution < -0.4 is 0 Å². The van der Waals surface area contributed by atoms with Crippen LogP contribution in [-0.2, 0) is 11.3 Å². The second-order valence-electron chi connectivity index (χ2n) is 8.50. The molecule has 0 N–H and O–H groups in total. The van der Waals surface area contributed by atoms with Gasteiger partial charge in [-0.05, 0) is 49.1 Å². The minimum atomic E-state index is -0.0187. The summed E-state index contributed by atoms with van der Waals surface area (Å²) in [4.78, 5) is 6.52. The number of ether oxygens (including phenoxy) is 1. The lowest BCUT2D eigenvalue weighted by Gasteiger charge is -2.30. The van der Waals surface area contributed by atoms with E-state index in [1.165, 1.54) is 5.56 Å². The largest absolute Gasteiger partial charge is 0.488 e. The van der Waals surface area contributed by atoms with Crippen LogP contribution in [0.15, 0.2) is 108 Å². The summed E-state index contributed by atoms with van der Waals surface area (Å²) in [5.41, 5.74) is 5.25. The molecule has 0 amide bonds. The van der Waals surface area contributed by atoms with Crippen LogP contribution in [0.1, 0.15) is 37.4 Å². The summed E-state index contributed by atoms with van der Waals surface area (Å²) in [5, 5.41) is 0. The van der Waals surface area contributed by atoms with E-state index in [1.807, 2.05) is 36.9 Å². The van der Waals surface area contributed by atoms with Gasteiger partial charge in [0, 0.05) is 35.5 Å². The Morgan fingerprint density at radius 1 is 1.09 bits per heavy atom. The van der Waals surface area contributed by atoms with Crippen molar-refractivity contribution >= 4 is 21.5 Å². The molecule has 0 bridgehead atoms. The predicted octanol–water partition coefficient (Wildman–Crippen LogP) is 7.00. The van der Waals surface area contributed by atoms with Crippen molar-refractivity contribution in [1.29, 1.82) is 0 Å². The van der Waals surface area contributed by atoms with Gasteiger partial charge in [0.25, 0.3) is 0 Å². The lowest BCUT2D eigenvalue weighted by Crippen LogP contribution is -2.26. The summed E-state index contributed by atoms with van der Waals surface area (Å²) in [6.45, 7) is 14.8. The fraction of sp³-hybridized carbons (Fsp3) is 0.250. The molecule has 0 fully saturated rings. The Kier molecular flexibility index (Phi) is 7.19. The Morgan fingerprint density at radius 2 is 1.82 bits per heavy atom. The lowest BCUT2D eigenvalue weighted by atomic mass is 9.90. The van der Waals surface area contributed by atoms with E-state index >= 15 is 0 Å². The van der Waals surface area contributed by atoms with Gasteiger partial charge in [-0.15, -0.1) is 0 Å². The SMILES string of the molecule is C=C(C1=C(OC(C)C)C(=C)N(CCCn2ccnc2)C1c1ccc(Br)cc1)c1ccccc1. The summed E-state index contributed by atoms with van der Waals surface area (Å²) in [6, 6.07) is 18.8. The zero-order valence-electron chi connectivity index (χ0n) is 19.2. The third-order valence-corrected chi connectivity index (χ3v) is 6.33. The zero-order chi connectivity index (χ0) is 23.4. The summed E-state index contributed by atoms with van der Waals surface area (Å²) < 4.78 is 9.55. The molecule has 2 aromatic carbocycles. The first-order valence-electron chi connectivity index (χ1n) is 11.3. The minimum absolute atomic E-state index is 0.0187. The van der Waals surface area contributed by atoms with Crippen molar-refractivity contribution in [2.45, 2.75) is 39.0 Å². The molecule has 1 aliphatic rings. The number of imidazole rings is 1. The molecule has 0 radical (unpaired) electrons. The average molecular weight is 504 g/mol. The smallest absolute Gasteiger partial charge is 0.148 e. The molecule has 5 heteroatoms. The highest BCUT2D eigenvalue weighted by Gasteiger charge is 2.39. The minimum Gasteiger partial charge on any atom is -0.488 e. The predicted molar refractivity (Wildman–Crippen MR) is 138 cm³/mol. The molecule has 0 saturated carbocycles. The molecule has 4 nitrogen and oxygen atoms in total. The molecule has 33 heavy (non-hydrogen) atoms. The molecule has 170 valence electrons. The highest BCUT2D eigenvalue weighted by molar-refractivity contribution is 9.10. The van der Waals surface area contributed by atoms with E-state index in [9.17, 15) is 0 Å². The molecule has 1 aliphatic heterocycles. The second kappa shape index (κ2) is 10.3. The van der Waals surface area contributed by atoms with Gasteiger partial charge in [-0.2, -0.15) is 0 Å². The Bertz CT molecular complexity index is 1130. The summed E-state index contributed by atoms with van der Waals surface area (Å²) in [7, 11) is 0. The lowest BCUT2D eigenvalue weighted by molar-refractivity contribution is 0.148. The van der Waals surface area contributed by atoms with Gasteiger partial charge in [-0.25, -0.2) is 4.98 Å². The number of aromatic nitrogens is 2. The zero-order valence-corrected chi connectivity index (χ0v) is 20.8. The van der Waals surface area contributed by atoms with Crippen LogP contribution in [0.3, 0.4) is 0 Å². The van der Waals surface area contributed by atoms with Crippen molar-refractivity contribution in [1.82, 2.24) is 14.5 Å². The summed E-state index contributed by atoms with van der Waals surface area (Å²) >= 11 is 3.58. The molecule has 3 aromatic rings. The average Bonchev–Trinajstić information content (AvgIpc) is 3.42. The first-order valence-corrected chi connectivity index (χ1v) is 12.1. The monoisotopic (exact) mass is 503 g/mol. The van der Waals surface area contributed by atoms with Crippen molar-refractivity contribution in [3.05, 3.63) is 119 Å².